The first kappa shape index (κ1) is 21.8. The molecule has 1 amide bonds. The Labute approximate surface area is 185 Å². The summed E-state index contributed by atoms with van der Waals surface area (Å²) in [7, 11) is 0. The Morgan fingerprint density at radius 1 is 1.09 bits per heavy atom. The number of aromatic nitrogens is 4. The zero-order valence-electron chi connectivity index (χ0n) is 17.1. The van der Waals surface area contributed by atoms with Crippen molar-refractivity contribution in [1.29, 1.82) is 0 Å². The minimum Gasteiger partial charge on any atom is -0.325 e. The Morgan fingerprint density at radius 3 is 2.53 bits per heavy atom. The minimum atomic E-state index is -4.42. The van der Waals surface area contributed by atoms with Crippen molar-refractivity contribution in [2.24, 2.45) is 0 Å². The fraction of sp³-hybridized carbons (Fsp3) is 0.182. The summed E-state index contributed by atoms with van der Waals surface area (Å²) in [6.07, 6.45) is -1.34. The van der Waals surface area contributed by atoms with E-state index in [0.717, 1.165) is 28.9 Å². The fourth-order valence-electron chi connectivity index (χ4n) is 3.23. The number of nitrogens with zero attached hydrogens (tertiary/aromatic N) is 4. The number of carbonyl (C=O) groups excluding carboxylic acids is 1. The van der Waals surface area contributed by atoms with E-state index >= 15 is 0 Å². The van der Waals surface area contributed by atoms with Crippen molar-refractivity contribution in [2.75, 3.05) is 11.1 Å². The number of carbonyl (C=O) groups is 1. The Morgan fingerprint density at radius 2 is 1.84 bits per heavy atom. The summed E-state index contributed by atoms with van der Waals surface area (Å²) in [5.74, 6) is -0.328. The number of nitrogens with one attached hydrogen (secondary N) is 1. The van der Waals surface area contributed by atoms with Gasteiger partial charge in [-0.1, -0.05) is 29.5 Å². The van der Waals surface area contributed by atoms with E-state index in [1.807, 2.05) is 26.0 Å². The third-order valence-corrected chi connectivity index (χ3v) is 5.75. The first-order valence-electron chi connectivity index (χ1n) is 9.58. The number of alkyl halides is 3. The molecule has 0 aliphatic heterocycles. The second kappa shape index (κ2) is 8.62. The second-order valence-electron chi connectivity index (χ2n) is 7.17. The van der Waals surface area contributed by atoms with E-state index in [4.69, 9.17) is 0 Å². The molecule has 164 valence electrons. The maximum atomic E-state index is 12.7. The van der Waals surface area contributed by atoms with Gasteiger partial charge in [-0.15, -0.1) is 0 Å². The predicted molar refractivity (Wildman–Crippen MR) is 117 cm³/mol. The van der Waals surface area contributed by atoms with Crippen molar-refractivity contribution >= 4 is 34.4 Å². The SMILES string of the molecule is Cc1ccc(-n2ncc3c(SCC(=O)Nc4ccc(C(F)(F)F)cc4)ncnc32)c(C)c1. The van der Waals surface area contributed by atoms with Gasteiger partial charge in [0.05, 0.1) is 28.6 Å². The third kappa shape index (κ3) is 4.59. The van der Waals surface area contributed by atoms with Gasteiger partial charge in [-0.2, -0.15) is 18.3 Å². The highest BCUT2D eigenvalue weighted by Gasteiger charge is 2.30. The van der Waals surface area contributed by atoms with E-state index in [-0.39, 0.29) is 11.7 Å². The van der Waals surface area contributed by atoms with E-state index in [0.29, 0.717) is 21.7 Å². The topological polar surface area (TPSA) is 72.7 Å². The van der Waals surface area contributed by atoms with E-state index in [9.17, 15) is 18.0 Å². The lowest BCUT2D eigenvalue weighted by Gasteiger charge is -2.09. The lowest BCUT2D eigenvalue weighted by molar-refractivity contribution is -0.137. The number of aryl methyl sites for hydroxylation is 2. The molecule has 0 bridgehead atoms. The van der Waals surface area contributed by atoms with Crippen molar-refractivity contribution in [1.82, 2.24) is 19.7 Å². The molecule has 0 radical (unpaired) electrons. The lowest BCUT2D eigenvalue weighted by atomic mass is 10.1. The average Bonchev–Trinajstić information content (AvgIpc) is 3.16. The summed E-state index contributed by atoms with van der Waals surface area (Å²) >= 11 is 1.20. The number of anilines is 1. The molecule has 4 rings (SSSR count). The molecule has 0 saturated carbocycles. The Bertz CT molecular complexity index is 1290. The van der Waals surface area contributed by atoms with Crippen LogP contribution in [0.2, 0.25) is 0 Å². The Kier molecular flexibility index (Phi) is 5.88. The number of rotatable bonds is 5. The van der Waals surface area contributed by atoms with Gasteiger partial charge < -0.3 is 5.32 Å². The van der Waals surface area contributed by atoms with Crippen LogP contribution >= 0.6 is 11.8 Å². The van der Waals surface area contributed by atoms with Crippen molar-refractivity contribution in [3.8, 4) is 5.69 Å². The van der Waals surface area contributed by atoms with Gasteiger partial charge in [0.15, 0.2) is 5.65 Å². The van der Waals surface area contributed by atoms with E-state index < -0.39 is 11.7 Å². The highest BCUT2D eigenvalue weighted by Crippen LogP contribution is 2.30. The average molecular weight is 457 g/mol. The summed E-state index contributed by atoms with van der Waals surface area (Å²) in [5, 5.41) is 8.34. The van der Waals surface area contributed by atoms with Gasteiger partial charge >= 0.3 is 6.18 Å². The fourth-order valence-corrected chi connectivity index (χ4v) is 3.99. The predicted octanol–water partition coefficient (Wildman–Crippen LogP) is 5.18. The molecule has 1 N–H and O–H groups in total. The van der Waals surface area contributed by atoms with Crippen LogP contribution in [0.15, 0.2) is 60.0 Å². The van der Waals surface area contributed by atoms with Gasteiger partial charge in [-0.3, -0.25) is 4.79 Å². The lowest BCUT2D eigenvalue weighted by Crippen LogP contribution is -2.14. The summed E-state index contributed by atoms with van der Waals surface area (Å²) in [5.41, 5.74) is 3.25. The first-order chi connectivity index (χ1) is 15.2. The van der Waals surface area contributed by atoms with E-state index in [1.54, 1.807) is 10.9 Å². The zero-order valence-corrected chi connectivity index (χ0v) is 18.0. The summed E-state index contributed by atoms with van der Waals surface area (Å²) in [6, 6.07) is 10.3. The summed E-state index contributed by atoms with van der Waals surface area (Å²) in [4.78, 5) is 20.9. The molecule has 2 heterocycles. The number of amides is 1. The molecule has 2 aromatic heterocycles. The van der Waals surface area contributed by atoms with Gasteiger partial charge in [0.2, 0.25) is 5.91 Å². The quantitative estimate of drug-likeness (QED) is 0.330. The minimum absolute atomic E-state index is 0.0296. The monoisotopic (exact) mass is 457 g/mol. The van der Waals surface area contributed by atoms with Gasteiger partial charge in [0.1, 0.15) is 11.4 Å². The molecule has 6 nitrogen and oxygen atoms in total. The molecule has 0 aliphatic rings. The largest absolute Gasteiger partial charge is 0.416 e. The molecule has 0 fully saturated rings. The molecule has 0 aliphatic carbocycles. The van der Waals surface area contributed by atoms with E-state index in [2.05, 4.69) is 26.4 Å². The normalized spacial score (nSPS) is 11.7. The molecule has 0 spiro atoms. The molecule has 0 unspecified atom stereocenters. The number of thioether (sulfide) groups is 1. The molecule has 2 aromatic carbocycles. The van der Waals surface area contributed by atoms with Gasteiger partial charge in [0.25, 0.3) is 0 Å². The summed E-state index contributed by atoms with van der Waals surface area (Å²) < 4.78 is 39.7. The van der Waals surface area contributed by atoms with Crippen molar-refractivity contribution in [3.05, 3.63) is 71.7 Å². The van der Waals surface area contributed by atoms with Crippen LogP contribution in [0.25, 0.3) is 16.7 Å². The smallest absolute Gasteiger partial charge is 0.325 e. The van der Waals surface area contributed by atoms with E-state index in [1.165, 1.54) is 30.2 Å². The molecule has 0 atom stereocenters. The molecule has 10 heteroatoms. The number of halogens is 3. The third-order valence-electron chi connectivity index (χ3n) is 4.75. The number of benzene rings is 2. The van der Waals surface area contributed by atoms with Crippen LogP contribution in [0.5, 0.6) is 0 Å². The Hall–Kier alpha value is -3.40. The van der Waals surface area contributed by atoms with Gasteiger partial charge in [-0.25, -0.2) is 14.6 Å². The molecule has 4 aromatic rings. The van der Waals surface area contributed by atoms with Gasteiger partial charge in [-0.05, 0) is 49.7 Å². The maximum absolute atomic E-state index is 12.7. The number of hydrogen-bond donors (Lipinski definition) is 1. The van der Waals surface area contributed by atoms with Gasteiger partial charge in [0, 0.05) is 5.69 Å². The second-order valence-corrected chi connectivity index (χ2v) is 8.14. The van der Waals surface area contributed by atoms with Crippen LogP contribution in [-0.2, 0) is 11.0 Å². The van der Waals surface area contributed by atoms with Crippen molar-refractivity contribution < 1.29 is 18.0 Å². The standard InChI is InChI=1S/C22H18F3N5OS/c1-13-3-8-18(14(2)9-13)30-20-17(10-28-30)21(27-12-26-20)32-11-19(31)29-16-6-4-15(5-7-16)22(23,24)25/h3-10,12H,11H2,1-2H3,(H,29,31). The first-order valence-corrected chi connectivity index (χ1v) is 10.6. The van der Waals surface area contributed by atoms with Crippen molar-refractivity contribution in [2.45, 2.75) is 25.0 Å². The van der Waals surface area contributed by atoms with Crippen LogP contribution in [-0.4, -0.2) is 31.4 Å². The molecule has 32 heavy (non-hydrogen) atoms. The highest BCUT2D eigenvalue weighted by atomic mass is 32.2. The van der Waals surface area contributed by atoms with Crippen LogP contribution in [0.4, 0.5) is 18.9 Å². The zero-order chi connectivity index (χ0) is 22.9. The molecular formula is C22H18F3N5OS. The number of fused-ring (bicyclic) bond motifs is 1. The maximum Gasteiger partial charge on any atom is 0.416 e. The van der Waals surface area contributed by atoms with Crippen molar-refractivity contribution in [3.63, 3.8) is 0 Å². The highest BCUT2D eigenvalue weighted by molar-refractivity contribution is 8.00. The van der Waals surface area contributed by atoms with Crippen LogP contribution in [0, 0.1) is 13.8 Å². The molecule has 0 saturated heterocycles. The van der Waals surface area contributed by atoms with Crippen LogP contribution < -0.4 is 5.32 Å². The van der Waals surface area contributed by atoms with Crippen LogP contribution in [0.1, 0.15) is 16.7 Å². The van der Waals surface area contributed by atoms with Crippen LogP contribution in [0.3, 0.4) is 0 Å². The summed E-state index contributed by atoms with van der Waals surface area (Å²) in [6.45, 7) is 4.02. The molecular weight excluding hydrogens is 439 g/mol. The Balaban J connectivity index is 1.48. The number of hydrogen-bond acceptors (Lipinski definition) is 5.